The van der Waals surface area contributed by atoms with E-state index in [9.17, 15) is 0 Å². The molecule has 0 N–H and O–H groups in total. The monoisotopic (exact) mass is 314 g/mol. The molecule has 0 saturated carbocycles. The summed E-state index contributed by atoms with van der Waals surface area (Å²) in [5, 5.41) is 0.703. The molecule has 0 radical (unpaired) electrons. The summed E-state index contributed by atoms with van der Waals surface area (Å²) in [4.78, 5) is 0. The first-order chi connectivity index (χ1) is 9.90. The highest BCUT2D eigenvalue weighted by Gasteiger charge is 2.11. The Bertz CT molecular complexity index is 705. The van der Waals surface area contributed by atoms with Gasteiger partial charge in [0.2, 0.25) is 0 Å². The minimum atomic E-state index is -1.42. The third-order valence-electron chi connectivity index (χ3n) is 2.95. The molecule has 0 spiro atoms. The van der Waals surface area contributed by atoms with Gasteiger partial charge >= 0.3 is 0 Å². The lowest BCUT2D eigenvalue weighted by Gasteiger charge is -2.11. The van der Waals surface area contributed by atoms with Crippen LogP contribution in [0.4, 0.5) is 0 Å². The highest BCUT2D eigenvalue weighted by atomic mass is 35.5. The van der Waals surface area contributed by atoms with Crippen LogP contribution in [0.3, 0.4) is 0 Å². The van der Waals surface area contributed by atoms with E-state index in [0.29, 0.717) is 5.02 Å². The molecular formula is C18H19ClOSi. The van der Waals surface area contributed by atoms with Crippen LogP contribution in [0.5, 0.6) is 5.75 Å². The SMILES string of the molecule is COc1ccccc1-c1cc(Cl)ccc1C#C[Si](C)(C)C. The molecule has 2 rings (SSSR count). The zero-order valence-electron chi connectivity index (χ0n) is 12.8. The van der Waals surface area contributed by atoms with E-state index in [1.165, 1.54) is 0 Å². The summed E-state index contributed by atoms with van der Waals surface area (Å²) in [6.45, 7) is 6.70. The van der Waals surface area contributed by atoms with Crippen molar-refractivity contribution in [3.05, 3.63) is 53.1 Å². The van der Waals surface area contributed by atoms with Crippen molar-refractivity contribution in [2.45, 2.75) is 19.6 Å². The highest BCUT2D eigenvalue weighted by molar-refractivity contribution is 6.83. The first kappa shape index (κ1) is 15.7. The molecule has 0 saturated heterocycles. The van der Waals surface area contributed by atoms with Gasteiger partial charge in [-0.1, -0.05) is 55.4 Å². The minimum Gasteiger partial charge on any atom is -0.496 e. The van der Waals surface area contributed by atoms with Crippen molar-refractivity contribution in [2.24, 2.45) is 0 Å². The Labute approximate surface area is 132 Å². The normalized spacial score (nSPS) is 10.7. The Balaban J connectivity index is 2.61. The van der Waals surface area contributed by atoms with Crippen molar-refractivity contribution >= 4 is 19.7 Å². The summed E-state index contributed by atoms with van der Waals surface area (Å²) in [5.41, 5.74) is 6.44. The number of rotatable bonds is 2. The number of ether oxygens (including phenoxy) is 1. The van der Waals surface area contributed by atoms with Crippen molar-refractivity contribution in [2.75, 3.05) is 7.11 Å². The van der Waals surface area contributed by atoms with Crippen molar-refractivity contribution in [3.63, 3.8) is 0 Å². The van der Waals surface area contributed by atoms with Crippen LogP contribution in [0, 0.1) is 11.5 Å². The maximum absolute atomic E-state index is 6.17. The second-order valence-corrected chi connectivity index (χ2v) is 11.1. The average Bonchev–Trinajstić information content (AvgIpc) is 2.45. The fourth-order valence-corrected chi connectivity index (χ4v) is 2.65. The molecule has 0 aliphatic carbocycles. The third-order valence-corrected chi connectivity index (χ3v) is 4.06. The summed E-state index contributed by atoms with van der Waals surface area (Å²) in [6.07, 6.45) is 0. The average molecular weight is 315 g/mol. The lowest BCUT2D eigenvalue weighted by molar-refractivity contribution is 0.416. The first-order valence-electron chi connectivity index (χ1n) is 6.87. The van der Waals surface area contributed by atoms with Gasteiger partial charge in [-0.25, -0.2) is 0 Å². The molecule has 0 fully saturated rings. The second-order valence-electron chi connectivity index (χ2n) is 5.89. The van der Waals surface area contributed by atoms with Gasteiger partial charge in [0.1, 0.15) is 13.8 Å². The van der Waals surface area contributed by atoms with E-state index in [1.807, 2.05) is 42.5 Å². The zero-order chi connectivity index (χ0) is 15.5. The molecule has 0 aliphatic rings. The van der Waals surface area contributed by atoms with Crippen LogP contribution in [-0.4, -0.2) is 15.2 Å². The lowest BCUT2D eigenvalue weighted by atomic mass is 9.99. The number of methoxy groups -OCH3 is 1. The molecule has 0 unspecified atom stereocenters. The number of halogens is 1. The van der Waals surface area contributed by atoms with Crippen LogP contribution >= 0.6 is 11.6 Å². The van der Waals surface area contributed by atoms with Crippen LogP contribution < -0.4 is 4.74 Å². The van der Waals surface area contributed by atoms with Gasteiger partial charge in [-0.3, -0.25) is 0 Å². The number of hydrogen-bond donors (Lipinski definition) is 0. The van der Waals surface area contributed by atoms with Crippen molar-refractivity contribution in [3.8, 4) is 28.3 Å². The molecule has 0 bridgehead atoms. The van der Waals surface area contributed by atoms with Crippen molar-refractivity contribution < 1.29 is 4.74 Å². The molecule has 0 aliphatic heterocycles. The van der Waals surface area contributed by atoms with Gasteiger partial charge in [-0.2, -0.15) is 0 Å². The summed E-state index contributed by atoms with van der Waals surface area (Å²) in [7, 11) is 0.253. The molecule has 108 valence electrons. The summed E-state index contributed by atoms with van der Waals surface area (Å²) in [6, 6.07) is 13.8. The topological polar surface area (TPSA) is 9.23 Å². The van der Waals surface area contributed by atoms with Crippen LogP contribution in [0.15, 0.2) is 42.5 Å². The Kier molecular flexibility index (Phi) is 4.77. The molecule has 2 aromatic rings. The fraction of sp³-hybridized carbons (Fsp3) is 0.222. The number of hydrogen-bond acceptors (Lipinski definition) is 1. The van der Waals surface area contributed by atoms with E-state index in [1.54, 1.807) is 7.11 Å². The van der Waals surface area contributed by atoms with E-state index in [0.717, 1.165) is 22.4 Å². The summed E-state index contributed by atoms with van der Waals surface area (Å²) in [5.74, 6) is 4.16. The van der Waals surface area contributed by atoms with Gasteiger partial charge in [-0.15, -0.1) is 5.54 Å². The molecule has 0 heterocycles. The quantitative estimate of drug-likeness (QED) is 0.544. The van der Waals surface area contributed by atoms with Gasteiger partial charge < -0.3 is 4.74 Å². The van der Waals surface area contributed by atoms with Gasteiger partial charge in [-0.05, 0) is 24.3 Å². The Hall–Kier alpha value is -1.69. The van der Waals surface area contributed by atoms with Crippen LogP contribution in [0.2, 0.25) is 24.7 Å². The predicted molar refractivity (Wildman–Crippen MR) is 93.7 cm³/mol. The fourth-order valence-electron chi connectivity index (χ4n) is 1.97. The molecule has 0 aromatic heterocycles. The van der Waals surface area contributed by atoms with E-state index in [4.69, 9.17) is 16.3 Å². The molecule has 21 heavy (non-hydrogen) atoms. The van der Waals surface area contributed by atoms with Crippen LogP contribution in [0.1, 0.15) is 5.56 Å². The first-order valence-corrected chi connectivity index (χ1v) is 10.7. The van der Waals surface area contributed by atoms with E-state index >= 15 is 0 Å². The van der Waals surface area contributed by atoms with Crippen molar-refractivity contribution in [1.29, 1.82) is 0 Å². The van der Waals surface area contributed by atoms with Gasteiger partial charge in [0.05, 0.1) is 7.11 Å². The summed E-state index contributed by atoms with van der Waals surface area (Å²) >= 11 is 6.17. The van der Waals surface area contributed by atoms with Crippen molar-refractivity contribution in [1.82, 2.24) is 0 Å². The maximum atomic E-state index is 6.17. The number of para-hydroxylation sites is 1. The maximum Gasteiger partial charge on any atom is 0.129 e. The standard InChI is InChI=1S/C18H19ClOSi/c1-20-18-8-6-5-7-16(18)17-13-15(19)10-9-14(17)11-12-21(2,3)4/h5-10,13H,1-4H3. The van der Waals surface area contributed by atoms with E-state index in [-0.39, 0.29) is 0 Å². The van der Waals surface area contributed by atoms with Gasteiger partial charge in [0, 0.05) is 21.7 Å². The van der Waals surface area contributed by atoms with Crippen LogP contribution in [0.25, 0.3) is 11.1 Å². The summed E-state index contributed by atoms with van der Waals surface area (Å²) < 4.78 is 5.46. The molecule has 3 heteroatoms. The van der Waals surface area contributed by atoms with E-state index < -0.39 is 8.07 Å². The molecular weight excluding hydrogens is 296 g/mol. The lowest BCUT2D eigenvalue weighted by Crippen LogP contribution is -2.16. The largest absolute Gasteiger partial charge is 0.496 e. The molecule has 0 atom stereocenters. The molecule has 2 aromatic carbocycles. The Morgan fingerprint density at radius 1 is 1.00 bits per heavy atom. The molecule has 1 nitrogen and oxygen atoms in total. The Morgan fingerprint density at radius 2 is 1.71 bits per heavy atom. The third kappa shape index (κ3) is 4.14. The zero-order valence-corrected chi connectivity index (χ0v) is 14.6. The smallest absolute Gasteiger partial charge is 0.129 e. The van der Waals surface area contributed by atoms with Gasteiger partial charge in [0.15, 0.2) is 0 Å². The van der Waals surface area contributed by atoms with Crippen LogP contribution in [-0.2, 0) is 0 Å². The predicted octanol–water partition coefficient (Wildman–Crippen LogP) is 5.24. The molecule has 0 amide bonds. The van der Waals surface area contributed by atoms with Gasteiger partial charge in [0.25, 0.3) is 0 Å². The Morgan fingerprint density at radius 3 is 2.38 bits per heavy atom. The minimum absolute atomic E-state index is 0.703. The second kappa shape index (κ2) is 6.38. The van der Waals surface area contributed by atoms with E-state index in [2.05, 4.69) is 31.1 Å². The highest BCUT2D eigenvalue weighted by Crippen LogP contribution is 2.33. The number of benzene rings is 2.